The van der Waals surface area contributed by atoms with Gasteiger partial charge >= 0.3 is 0 Å². The average Bonchev–Trinajstić information content (AvgIpc) is 2.86. The summed E-state index contributed by atoms with van der Waals surface area (Å²) in [6.07, 6.45) is 2.00. The molecule has 0 fully saturated rings. The van der Waals surface area contributed by atoms with Crippen molar-refractivity contribution in [3.8, 4) is 0 Å². The first-order valence-electron chi connectivity index (χ1n) is 8.06. The summed E-state index contributed by atoms with van der Waals surface area (Å²) in [7, 11) is 0. The number of nitrogens with zero attached hydrogens (tertiary/aromatic N) is 2. The van der Waals surface area contributed by atoms with Gasteiger partial charge in [-0.25, -0.2) is 0 Å². The molecule has 1 heterocycles. The molecular weight excluding hydrogens is 258 g/mol. The van der Waals surface area contributed by atoms with Gasteiger partial charge in [-0.05, 0) is 31.9 Å². The lowest BCUT2D eigenvalue weighted by molar-refractivity contribution is 0.583. The van der Waals surface area contributed by atoms with Crippen molar-refractivity contribution in [3.05, 3.63) is 52.8 Å². The summed E-state index contributed by atoms with van der Waals surface area (Å²) in [5.41, 5.74) is 5.30. The third kappa shape index (κ3) is 3.53. The summed E-state index contributed by atoms with van der Waals surface area (Å²) in [4.78, 5) is 0. The van der Waals surface area contributed by atoms with Crippen molar-refractivity contribution in [3.63, 3.8) is 0 Å². The zero-order valence-electron chi connectivity index (χ0n) is 13.7. The summed E-state index contributed by atoms with van der Waals surface area (Å²) in [5.74, 6) is 0. The van der Waals surface area contributed by atoms with Crippen molar-refractivity contribution in [1.82, 2.24) is 15.1 Å². The molecule has 0 saturated heterocycles. The highest BCUT2D eigenvalue weighted by atomic mass is 15.3. The van der Waals surface area contributed by atoms with Gasteiger partial charge < -0.3 is 5.32 Å². The molecule has 1 atom stereocenters. The fourth-order valence-corrected chi connectivity index (χ4v) is 2.99. The van der Waals surface area contributed by atoms with E-state index in [9.17, 15) is 0 Å². The topological polar surface area (TPSA) is 29.9 Å². The van der Waals surface area contributed by atoms with Crippen molar-refractivity contribution in [1.29, 1.82) is 0 Å². The fourth-order valence-electron chi connectivity index (χ4n) is 2.99. The van der Waals surface area contributed by atoms with Crippen LogP contribution in [0.2, 0.25) is 0 Å². The second-order valence-corrected chi connectivity index (χ2v) is 5.44. The third-order valence-electron chi connectivity index (χ3n) is 3.96. The number of aryl methyl sites for hydroxylation is 1. The average molecular weight is 285 g/mol. The number of aromatic nitrogens is 2. The lowest BCUT2D eigenvalue weighted by Crippen LogP contribution is -2.20. The van der Waals surface area contributed by atoms with Crippen molar-refractivity contribution in [2.75, 3.05) is 6.54 Å². The van der Waals surface area contributed by atoms with Gasteiger partial charge in [0.1, 0.15) is 0 Å². The minimum absolute atomic E-state index is 0.365. The van der Waals surface area contributed by atoms with E-state index in [1.54, 1.807) is 0 Å². The van der Waals surface area contributed by atoms with Crippen LogP contribution in [0.4, 0.5) is 0 Å². The molecule has 0 aliphatic rings. The van der Waals surface area contributed by atoms with Crippen molar-refractivity contribution in [2.24, 2.45) is 0 Å². The van der Waals surface area contributed by atoms with E-state index in [-0.39, 0.29) is 0 Å². The molecule has 2 rings (SSSR count). The lowest BCUT2D eigenvalue weighted by atomic mass is 10.0. The van der Waals surface area contributed by atoms with Gasteiger partial charge in [0, 0.05) is 17.3 Å². The second kappa shape index (κ2) is 7.41. The predicted molar refractivity (Wildman–Crippen MR) is 88.6 cm³/mol. The summed E-state index contributed by atoms with van der Waals surface area (Å²) < 4.78 is 2.19. The van der Waals surface area contributed by atoms with E-state index in [0.29, 0.717) is 6.04 Å². The molecule has 1 aromatic heterocycles. The summed E-state index contributed by atoms with van der Waals surface area (Å²) in [6, 6.07) is 10.9. The molecule has 21 heavy (non-hydrogen) atoms. The SMILES string of the molecule is CCNC(C)c1c(CC)nn(Cc2ccccc2)c1CC. The number of nitrogens with one attached hydrogen (secondary N) is 1. The molecule has 0 aliphatic heterocycles. The van der Waals surface area contributed by atoms with Gasteiger partial charge in [-0.3, -0.25) is 4.68 Å². The summed E-state index contributed by atoms with van der Waals surface area (Å²) in [6.45, 7) is 10.7. The van der Waals surface area contributed by atoms with Crippen LogP contribution in [0, 0.1) is 0 Å². The molecule has 2 aromatic rings. The van der Waals surface area contributed by atoms with Gasteiger partial charge in [-0.15, -0.1) is 0 Å². The van der Waals surface area contributed by atoms with Crippen molar-refractivity contribution < 1.29 is 0 Å². The van der Waals surface area contributed by atoms with Crippen LogP contribution in [0.25, 0.3) is 0 Å². The molecule has 0 radical (unpaired) electrons. The largest absolute Gasteiger partial charge is 0.310 e. The third-order valence-corrected chi connectivity index (χ3v) is 3.96. The van der Waals surface area contributed by atoms with Gasteiger partial charge in [0.15, 0.2) is 0 Å². The Morgan fingerprint density at radius 2 is 1.81 bits per heavy atom. The summed E-state index contributed by atoms with van der Waals surface area (Å²) >= 11 is 0. The van der Waals surface area contributed by atoms with Crippen molar-refractivity contribution >= 4 is 0 Å². The number of hydrogen-bond donors (Lipinski definition) is 1. The number of benzene rings is 1. The Hall–Kier alpha value is -1.61. The predicted octanol–water partition coefficient (Wildman–Crippen LogP) is 3.73. The maximum Gasteiger partial charge on any atom is 0.0672 e. The molecule has 1 N–H and O–H groups in total. The fraction of sp³-hybridized carbons (Fsp3) is 0.500. The Morgan fingerprint density at radius 3 is 2.38 bits per heavy atom. The normalized spacial score (nSPS) is 12.6. The number of rotatable bonds is 7. The van der Waals surface area contributed by atoms with Crippen LogP contribution in [0.15, 0.2) is 30.3 Å². The molecule has 3 nitrogen and oxygen atoms in total. The molecule has 0 amide bonds. The van der Waals surface area contributed by atoms with Gasteiger partial charge in [0.05, 0.1) is 12.2 Å². The first-order valence-corrected chi connectivity index (χ1v) is 8.06. The van der Waals surface area contributed by atoms with Crippen LogP contribution in [0.3, 0.4) is 0 Å². The highest BCUT2D eigenvalue weighted by Crippen LogP contribution is 2.24. The molecule has 0 spiro atoms. The van der Waals surface area contributed by atoms with E-state index in [0.717, 1.165) is 25.9 Å². The Labute approximate surface area is 128 Å². The molecule has 3 heteroatoms. The molecule has 1 aromatic carbocycles. The zero-order valence-corrected chi connectivity index (χ0v) is 13.7. The molecule has 1 unspecified atom stereocenters. The number of hydrogen-bond acceptors (Lipinski definition) is 2. The van der Waals surface area contributed by atoms with E-state index in [4.69, 9.17) is 5.10 Å². The Bertz CT molecular complexity index is 557. The van der Waals surface area contributed by atoms with Crippen LogP contribution in [0.1, 0.15) is 56.3 Å². The minimum atomic E-state index is 0.365. The Morgan fingerprint density at radius 1 is 1.10 bits per heavy atom. The van der Waals surface area contributed by atoms with Gasteiger partial charge in [-0.2, -0.15) is 5.10 Å². The van der Waals surface area contributed by atoms with Crippen LogP contribution >= 0.6 is 0 Å². The Kier molecular flexibility index (Phi) is 5.57. The summed E-state index contributed by atoms with van der Waals surface area (Å²) in [5, 5.41) is 8.41. The van der Waals surface area contributed by atoms with E-state index >= 15 is 0 Å². The van der Waals surface area contributed by atoms with Crippen LogP contribution in [-0.2, 0) is 19.4 Å². The van der Waals surface area contributed by atoms with E-state index in [2.05, 4.69) is 68.0 Å². The maximum absolute atomic E-state index is 4.87. The van der Waals surface area contributed by atoms with Crippen molar-refractivity contribution in [2.45, 2.75) is 53.1 Å². The molecule has 0 bridgehead atoms. The smallest absolute Gasteiger partial charge is 0.0672 e. The van der Waals surface area contributed by atoms with Gasteiger partial charge in [0.25, 0.3) is 0 Å². The van der Waals surface area contributed by atoms with Gasteiger partial charge in [-0.1, -0.05) is 51.1 Å². The molecule has 0 aliphatic carbocycles. The van der Waals surface area contributed by atoms with Gasteiger partial charge in [0.2, 0.25) is 0 Å². The first-order chi connectivity index (χ1) is 10.2. The van der Waals surface area contributed by atoms with Crippen LogP contribution < -0.4 is 5.32 Å². The van der Waals surface area contributed by atoms with Crippen LogP contribution in [-0.4, -0.2) is 16.3 Å². The van der Waals surface area contributed by atoms with E-state index < -0.39 is 0 Å². The quantitative estimate of drug-likeness (QED) is 0.840. The maximum atomic E-state index is 4.87. The molecule has 114 valence electrons. The van der Waals surface area contributed by atoms with E-state index in [1.807, 2.05) is 0 Å². The monoisotopic (exact) mass is 285 g/mol. The highest BCUT2D eigenvalue weighted by molar-refractivity contribution is 5.31. The first kappa shape index (κ1) is 15.8. The molecular formula is C18H27N3. The second-order valence-electron chi connectivity index (χ2n) is 5.44. The molecule has 0 saturated carbocycles. The Balaban J connectivity index is 2.38. The standard InChI is InChI=1S/C18H27N3/c1-5-16-18(14(4)19-7-3)17(6-2)21(20-16)13-15-11-9-8-10-12-15/h8-12,14,19H,5-7,13H2,1-4H3. The minimum Gasteiger partial charge on any atom is -0.310 e. The lowest BCUT2D eigenvalue weighted by Gasteiger charge is -2.15. The van der Waals surface area contributed by atoms with E-state index in [1.165, 1.54) is 22.5 Å². The zero-order chi connectivity index (χ0) is 15.2. The van der Waals surface area contributed by atoms with Crippen LogP contribution in [0.5, 0.6) is 0 Å². The highest BCUT2D eigenvalue weighted by Gasteiger charge is 2.19.